The molecule has 4 aromatic rings. The summed E-state index contributed by atoms with van der Waals surface area (Å²) in [7, 11) is 0.908. The van der Waals surface area contributed by atoms with Crippen molar-refractivity contribution in [1.29, 1.82) is 0 Å². The molecule has 0 amide bonds. The molecule has 3 aromatic heterocycles. The number of hydrogen-bond donors (Lipinski definition) is 1. The number of anilines is 1. The van der Waals surface area contributed by atoms with Crippen LogP contribution in [-0.4, -0.2) is 62.9 Å². The third kappa shape index (κ3) is 4.69. The Labute approximate surface area is 196 Å². The number of pyridine rings is 1. The van der Waals surface area contributed by atoms with E-state index in [-0.39, 0.29) is 18.1 Å². The molecular weight excluding hydrogens is 460 g/mol. The van der Waals surface area contributed by atoms with E-state index in [4.69, 9.17) is 9.47 Å². The number of ether oxygens (including phenoxy) is 2. The standard InChI is InChI=1S/C21H24N8O4S/c1-14-10-15(12-22-11-14)20-25-26-21(27-34(30,31)9-8-18-23-13-24-28(18)2)29(20)19-16(32-3)6-5-7-17(19)33-4/h5-7,10-13H,8-9H2,1-4H3,(H,26,27). The Kier molecular flexibility index (Phi) is 6.45. The Morgan fingerprint density at radius 3 is 2.44 bits per heavy atom. The van der Waals surface area contributed by atoms with Gasteiger partial charge < -0.3 is 9.47 Å². The van der Waals surface area contributed by atoms with E-state index in [1.54, 1.807) is 42.2 Å². The molecule has 178 valence electrons. The number of sulfonamides is 1. The van der Waals surface area contributed by atoms with Crippen molar-refractivity contribution in [3.63, 3.8) is 0 Å². The normalized spacial score (nSPS) is 11.4. The minimum Gasteiger partial charge on any atom is -0.494 e. The minimum absolute atomic E-state index is 0.0164. The molecule has 0 saturated heterocycles. The summed E-state index contributed by atoms with van der Waals surface area (Å²) in [4.78, 5) is 8.31. The highest BCUT2D eigenvalue weighted by atomic mass is 32.2. The van der Waals surface area contributed by atoms with Crippen molar-refractivity contribution in [1.82, 2.24) is 34.5 Å². The first-order chi connectivity index (χ1) is 16.3. The lowest BCUT2D eigenvalue weighted by Crippen LogP contribution is -2.22. The van der Waals surface area contributed by atoms with Crippen LogP contribution in [0.25, 0.3) is 17.1 Å². The Hall–Kier alpha value is -4.00. The average Bonchev–Trinajstić information content (AvgIpc) is 3.42. The highest BCUT2D eigenvalue weighted by Crippen LogP contribution is 2.37. The van der Waals surface area contributed by atoms with Crippen LogP contribution in [0, 0.1) is 6.92 Å². The van der Waals surface area contributed by atoms with E-state index < -0.39 is 10.0 Å². The van der Waals surface area contributed by atoms with Crippen molar-refractivity contribution in [3.8, 4) is 28.6 Å². The van der Waals surface area contributed by atoms with E-state index in [0.29, 0.717) is 34.4 Å². The van der Waals surface area contributed by atoms with Gasteiger partial charge in [0, 0.05) is 31.4 Å². The van der Waals surface area contributed by atoms with Gasteiger partial charge in [-0.3, -0.25) is 19.0 Å². The number of hydrogen-bond acceptors (Lipinski definition) is 9. The number of nitrogens with one attached hydrogen (secondary N) is 1. The number of rotatable bonds is 9. The second-order valence-electron chi connectivity index (χ2n) is 7.42. The fourth-order valence-electron chi connectivity index (χ4n) is 3.44. The van der Waals surface area contributed by atoms with Crippen molar-refractivity contribution >= 4 is 16.0 Å². The van der Waals surface area contributed by atoms with Crippen LogP contribution in [0.3, 0.4) is 0 Å². The van der Waals surface area contributed by atoms with Crippen LogP contribution in [0.1, 0.15) is 11.4 Å². The number of nitrogens with zero attached hydrogens (tertiary/aromatic N) is 7. The minimum atomic E-state index is -3.83. The van der Waals surface area contributed by atoms with Gasteiger partial charge in [0.05, 0.1) is 20.0 Å². The lowest BCUT2D eigenvalue weighted by molar-refractivity contribution is 0.391. The third-order valence-electron chi connectivity index (χ3n) is 5.07. The molecule has 12 nitrogen and oxygen atoms in total. The van der Waals surface area contributed by atoms with Crippen molar-refractivity contribution in [2.45, 2.75) is 13.3 Å². The largest absolute Gasteiger partial charge is 0.494 e. The summed E-state index contributed by atoms with van der Waals surface area (Å²) in [6, 6.07) is 7.12. The summed E-state index contributed by atoms with van der Waals surface area (Å²) in [5, 5.41) is 12.4. The summed E-state index contributed by atoms with van der Waals surface area (Å²) in [5.74, 6) is 1.56. The Balaban J connectivity index is 1.81. The maximum atomic E-state index is 13.0. The van der Waals surface area contributed by atoms with E-state index in [2.05, 4.69) is 30.0 Å². The van der Waals surface area contributed by atoms with Crippen LogP contribution in [0.2, 0.25) is 0 Å². The van der Waals surface area contributed by atoms with E-state index in [0.717, 1.165) is 5.56 Å². The predicted molar refractivity (Wildman–Crippen MR) is 125 cm³/mol. The topological polar surface area (TPSA) is 139 Å². The SMILES string of the molecule is COc1cccc(OC)c1-n1c(NS(=O)(=O)CCc2ncnn2C)nnc1-c1cncc(C)c1. The van der Waals surface area contributed by atoms with E-state index in [9.17, 15) is 8.42 Å². The second-order valence-corrected chi connectivity index (χ2v) is 9.26. The Morgan fingerprint density at radius 1 is 1.09 bits per heavy atom. The summed E-state index contributed by atoms with van der Waals surface area (Å²) in [6.45, 7) is 1.90. The number of para-hydroxylation sites is 1. The molecule has 4 rings (SSSR count). The molecule has 0 radical (unpaired) electrons. The van der Waals surface area contributed by atoms with Gasteiger partial charge in [-0.1, -0.05) is 6.07 Å². The van der Waals surface area contributed by atoms with Gasteiger partial charge in [0.25, 0.3) is 0 Å². The number of aromatic nitrogens is 7. The number of aryl methyl sites for hydroxylation is 3. The molecule has 3 heterocycles. The number of methoxy groups -OCH3 is 2. The molecule has 0 fully saturated rings. The van der Waals surface area contributed by atoms with Gasteiger partial charge in [0.1, 0.15) is 29.3 Å². The fraction of sp³-hybridized carbons (Fsp3) is 0.286. The molecule has 0 saturated carbocycles. The zero-order valence-corrected chi connectivity index (χ0v) is 19.9. The van der Waals surface area contributed by atoms with Crippen LogP contribution >= 0.6 is 0 Å². The molecular formula is C21H24N8O4S. The lowest BCUT2D eigenvalue weighted by Gasteiger charge is -2.17. The molecule has 0 bridgehead atoms. The van der Waals surface area contributed by atoms with Gasteiger partial charge in [0.2, 0.25) is 16.0 Å². The maximum Gasteiger partial charge on any atom is 0.243 e. The van der Waals surface area contributed by atoms with Gasteiger partial charge in [-0.25, -0.2) is 13.4 Å². The Morgan fingerprint density at radius 2 is 1.82 bits per heavy atom. The van der Waals surface area contributed by atoms with E-state index in [1.165, 1.54) is 25.2 Å². The molecule has 13 heteroatoms. The van der Waals surface area contributed by atoms with Crippen LogP contribution < -0.4 is 14.2 Å². The maximum absolute atomic E-state index is 13.0. The van der Waals surface area contributed by atoms with Gasteiger partial charge in [-0.15, -0.1) is 10.2 Å². The molecule has 34 heavy (non-hydrogen) atoms. The quantitative estimate of drug-likeness (QED) is 0.376. The zero-order valence-electron chi connectivity index (χ0n) is 19.1. The summed E-state index contributed by atoms with van der Waals surface area (Å²) >= 11 is 0. The summed E-state index contributed by atoms with van der Waals surface area (Å²) < 4.78 is 42.7. The Bertz CT molecular complexity index is 1390. The van der Waals surface area contributed by atoms with Gasteiger partial charge >= 0.3 is 0 Å². The van der Waals surface area contributed by atoms with Crippen molar-refractivity contribution < 1.29 is 17.9 Å². The average molecular weight is 485 g/mol. The van der Waals surface area contributed by atoms with Crippen molar-refractivity contribution in [2.24, 2.45) is 7.05 Å². The van der Waals surface area contributed by atoms with Crippen molar-refractivity contribution in [2.75, 3.05) is 24.7 Å². The molecule has 0 aliphatic rings. The molecule has 1 aromatic carbocycles. The monoisotopic (exact) mass is 484 g/mol. The summed E-state index contributed by atoms with van der Waals surface area (Å²) in [6.07, 6.45) is 4.89. The molecule has 0 spiro atoms. The van der Waals surface area contributed by atoms with Crippen LogP contribution in [-0.2, 0) is 23.5 Å². The predicted octanol–water partition coefficient (Wildman–Crippen LogP) is 1.77. The highest BCUT2D eigenvalue weighted by molar-refractivity contribution is 7.92. The highest BCUT2D eigenvalue weighted by Gasteiger charge is 2.25. The summed E-state index contributed by atoms with van der Waals surface area (Å²) in [5.41, 5.74) is 2.00. The zero-order chi connectivity index (χ0) is 24.3. The van der Waals surface area contributed by atoms with E-state index >= 15 is 0 Å². The van der Waals surface area contributed by atoms with Gasteiger partial charge in [-0.2, -0.15) is 5.10 Å². The lowest BCUT2D eigenvalue weighted by atomic mass is 10.2. The van der Waals surface area contributed by atoms with Crippen molar-refractivity contribution in [3.05, 3.63) is 54.4 Å². The van der Waals surface area contributed by atoms with Gasteiger partial charge in [0.15, 0.2) is 5.82 Å². The molecule has 0 aliphatic carbocycles. The smallest absolute Gasteiger partial charge is 0.243 e. The van der Waals surface area contributed by atoms with Crippen LogP contribution in [0.5, 0.6) is 11.5 Å². The third-order valence-corrected chi connectivity index (χ3v) is 6.30. The van der Waals surface area contributed by atoms with Crippen LogP contribution in [0.15, 0.2) is 43.0 Å². The number of benzene rings is 1. The molecule has 0 unspecified atom stereocenters. The van der Waals surface area contributed by atoms with E-state index in [1.807, 2.05) is 13.0 Å². The van der Waals surface area contributed by atoms with Gasteiger partial charge in [-0.05, 0) is 30.7 Å². The first-order valence-corrected chi connectivity index (χ1v) is 11.9. The van der Waals surface area contributed by atoms with Crippen LogP contribution in [0.4, 0.5) is 5.95 Å². The second kappa shape index (κ2) is 9.47. The first-order valence-electron chi connectivity index (χ1n) is 10.2. The molecule has 0 aliphatic heterocycles. The first kappa shape index (κ1) is 23.2. The molecule has 1 N–H and O–H groups in total. The fourth-order valence-corrected chi connectivity index (χ4v) is 4.40. The molecule has 0 atom stereocenters.